The van der Waals surface area contributed by atoms with E-state index in [2.05, 4.69) is 46.0 Å². The molecular formula is C30H27BrF3N7O4. The van der Waals surface area contributed by atoms with Gasteiger partial charge in [-0.1, -0.05) is 13.0 Å². The minimum absolute atomic E-state index is 0.0656. The summed E-state index contributed by atoms with van der Waals surface area (Å²) in [5, 5.41) is 7.16. The fourth-order valence-corrected chi connectivity index (χ4v) is 6.28. The number of fused-ring (bicyclic) bond motifs is 2. The topological polar surface area (TPSA) is 132 Å². The lowest BCUT2D eigenvalue weighted by Gasteiger charge is -2.27. The van der Waals surface area contributed by atoms with Crippen LogP contribution in [0.15, 0.2) is 41.3 Å². The fraction of sp³-hybridized carbons (Fsp3) is 0.367. The van der Waals surface area contributed by atoms with Gasteiger partial charge in [0.2, 0.25) is 11.8 Å². The lowest BCUT2D eigenvalue weighted by molar-refractivity contribution is -0.274. The van der Waals surface area contributed by atoms with E-state index >= 15 is 0 Å². The van der Waals surface area contributed by atoms with Crippen molar-refractivity contribution in [3.63, 3.8) is 0 Å². The van der Waals surface area contributed by atoms with Crippen molar-refractivity contribution >= 4 is 50.2 Å². The van der Waals surface area contributed by atoms with Crippen molar-refractivity contribution in [3.8, 4) is 16.9 Å². The van der Waals surface area contributed by atoms with Crippen molar-refractivity contribution in [2.45, 2.75) is 65.5 Å². The molecule has 1 aliphatic carbocycles. The lowest BCUT2D eigenvalue weighted by Crippen LogP contribution is -2.47. The van der Waals surface area contributed by atoms with Gasteiger partial charge in [0.15, 0.2) is 11.5 Å². The van der Waals surface area contributed by atoms with E-state index in [1.54, 1.807) is 26.0 Å². The summed E-state index contributed by atoms with van der Waals surface area (Å²) in [5.41, 5.74) is 0.785. The molecule has 1 aliphatic heterocycles. The molecule has 2 fully saturated rings. The molecule has 2 aliphatic rings. The second-order valence-electron chi connectivity index (χ2n) is 11.7. The Hall–Kier alpha value is -4.40. The van der Waals surface area contributed by atoms with Crippen molar-refractivity contribution in [2.24, 2.45) is 5.41 Å². The summed E-state index contributed by atoms with van der Waals surface area (Å²) in [7, 11) is 0. The molecule has 3 aromatic heterocycles. The van der Waals surface area contributed by atoms with Gasteiger partial charge in [-0.3, -0.25) is 19.1 Å². The van der Waals surface area contributed by atoms with Crippen LogP contribution in [0.3, 0.4) is 0 Å². The van der Waals surface area contributed by atoms with Crippen LogP contribution in [0.4, 0.5) is 19.0 Å². The van der Waals surface area contributed by atoms with Crippen molar-refractivity contribution < 1.29 is 32.3 Å². The predicted molar refractivity (Wildman–Crippen MR) is 159 cm³/mol. The molecule has 0 spiro atoms. The second-order valence-corrected chi connectivity index (χ2v) is 12.5. The standard InChI is InChI=1S/C30H27BrF3N7O4/c1-14-5-6-23(31)37-27(14)38-28(44)20-9-29(4)10-22(29)41(20)24(43)13-40-26-19(25(39-40)15(2)42)7-17(8-21(26)45-30(32,33)34)18-11-35-16(3)36-12-18/h5-8,11-12,20,22H,9-10,13H2,1-4H3,(H,37,38,44)/t20-,22+,29-/m0/s1. The largest absolute Gasteiger partial charge is 0.573 e. The number of ketones is 1. The number of carbonyl (C=O) groups excluding carboxylic acids is 3. The fourth-order valence-electron chi connectivity index (χ4n) is 5.97. The number of ether oxygens (including phenoxy) is 1. The molecule has 1 saturated carbocycles. The first-order valence-corrected chi connectivity index (χ1v) is 14.8. The van der Waals surface area contributed by atoms with Gasteiger partial charge in [-0.2, -0.15) is 5.10 Å². The molecule has 3 atom stereocenters. The van der Waals surface area contributed by atoms with Gasteiger partial charge < -0.3 is 15.0 Å². The van der Waals surface area contributed by atoms with Gasteiger partial charge in [0.05, 0.1) is 0 Å². The summed E-state index contributed by atoms with van der Waals surface area (Å²) < 4.78 is 47.0. The Morgan fingerprint density at radius 1 is 1.11 bits per heavy atom. The zero-order chi connectivity index (χ0) is 32.4. The Balaban J connectivity index is 1.38. The lowest BCUT2D eigenvalue weighted by atomic mass is 10.0. The third kappa shape index (κ3) is 5.88. The van der Waals surface area contributed by atoms with Crippen molar-refractivity contribution in [2.75, 3.05) is 5.32 Å². The first-order chi connectivity index (χ1) is 21.1. The number of nitrogens with one attached hydrogen (secondary N) is 1. The van der Waals surface area contributed by atoms with Gasteiger partial charge in [0, 0.05) is 36.3 Å². The van der Waals surface area contributed by atoms with E-state index in [0.717, 1.165) is 16.3 Å². The zero-order valence-corrected chi connectivity index (χ0v) is 26.2. The summed E-state index contributed by atoms with van der Waals surface area (Å²) in [6.07, 6.45) is -1.11. The van der Waals surface area contributed by atoms with E-state index in [1.165, 1.54) is 30.3 Å². The zero-order valence-electron chi connectivity index (χ0n) is 24.6. The Labute approximate surface area is 263 Å². The molecule has 0 bridgehead atoms. The molecule has 1 aromatic carbocycles. The minimum atomic E-state index is -5.09. The summed E-state index contributed by atoms with van der Waals surface area (Å²) in [4.78, 5) is 54.1. The quantitative estimate of drug-likeness (QED) is 0.202. The van der Waals surface area contributed by atoms with Gasteiger partial charge >= 0.3 is 6.36 Å². The second kappa shape index (κ2) is 10.9. The average molecular weight is 686 g/mol. The molecule has 0 unspecified atom stereocenters. The van der Waals surface area contributed by atoms with Crippen LogP contribution in [-0.4, -0.2) is 65.7 Å². The number of piperidine rings is 1. The first kappa shape index (κ1) is 30.6. The molecular weight excluding hydrogens is 659 g/mol. The number of hydrogen-bond donors (Lipinski definition) is 1. The number of aromatic nitrogens is 5. The van der Waals surface area contributed by atoms with Crippen molar-refractivity contribution in [1.29, 1.82) is 0 Å². The van der Waals surface area contributed by atoms with Crippen LogP contribution in [0.2, 0.25) is 0 Å². The number of alkyl halides is 3. The smallest absolute Gasteiger partial charge is 0.403 e. The highest BCUT2D eigenvalue weighted by molar-refractivity contribution is 9.10. The number of likely N-dealkylation sites (tertiary alicyclic amines) is 1. The molecule has 2 amide bonds. The van der Waals surface area contributed by atoms with Gasteiger partial charge in [-0.15, -0.1) is 13.2 Å². The summed E-state index contributed by atoms with van der Waals surface area (Å²) in [5.74, 6) is -1.32. The van der Waals surface area contributed by atoms with E-state index < -0.39 is 42.3 Å². The Bertz CT molecular complexity index is 1880. The molecule has 45 heavy (non-hydrogen) atoms. The van der Waals surface area contributed by atoms with E-state index in [4.69, 9.17) is 0 Å². The number of halogens is 4. The summed E-state index contributed by atoms with van der Waals surface area (Å²) in [6.45, 7) is 6.14. The van der Waals surface area contributed by atoms with Gasteiger partial charge in [0.25, 0.3) is 0 Å². The molecule has 1 saturated heterocycles. The number of nitrogens with zero attached hydrogens (tertiary/aromatic N) is 6. The SMILES string of the molecule is CC(=O)c1nn(CC(=O)N2[C@H](C(=O)Nc3nc(Br)ccc3C)C[C@@]3(C)C[C@@H]23)c2c(OC(F)(F)F)cc(-c3cnc(C)nc3)cc12. The molecule has 234 valence electrons. The maximum absolute atomic E-state index is 13.9. The highest BCUT2D eigenvalue weighted by Crippen LogP contribution is 2.59. The third-order valence-corrected chi connectivity index (χ3v) is 8.74. The van der Waals surface area contributed by atoms with Gasteiger partial charge in [-0.25, -0.2) is 15.0 Å². The molecule has 6 rings (SSSR count). The van der Waals surface area contributed by atoms with Crippen molar-refractivity contribution in [3.05, 3.63) is 58.3 Å². The monoisotopic (exact) mass is 685 g/mol. The summed E-state index contributed by atoms with van der Waals surface area (Å²) >= 11 is 3.30. The Kier molecular flexibility index (Phi) is 7.41. The highest BCUT2D eigenvalue weighted by Gasteiger charge is 2.64. The number of hydrogen-bond acceptors (Lipinski definition) is 8. The molecule has 11 nitrogen and oxygen atoms in total. The Morgan fingerprint density at radius 3 is 2.49 bits per heavy atom. The van der Waals surface area contributed by atoms with Crippen LogP contribution in [0, 0.1) is 19.3 Å². The summed E-state index contributed by atoms with van der Waals surface area (Å²) in [6, 6.07) is 5.10. The third-order valence-electron chi connectivity index (χ3n) is 8.30. The van der Waals surface area contributed by atoms with Crippen molar-refractivity contribution in [1.82, 2.24) is 29.6 Å². The van der Waals surface area contributed by atoms with Gasteiger partial charge in [-0.05, 0) is 77.4 Å². The van der Waals surface area contributed by atoms with Crippen LogP contribution in [0.1, 0.15) is 48.6 Å². The number of aryl methyl sites for hydroxylation is 2. The number of benzene rings is 1. The molecule has 15 heteroatoms. The van der Waals surface area contributed by atoms with E-state index in [9.17, 15) is 27.6 Å². The first-order valence-electron chi connectivity index (χ1n) is 14.0. The Morgan fingerprint density at radius 2 is 1.82 bits per heavy atom. The number of rotatable bonds is 7. The van der Waals surface area contributed by atoms with Crippen LogP contribution >= 0.6 is 15.9 Å². The molecule has 0 radical (unpaired) electrons. The van der Waals surface area contributed by atoms with Gasteiger partial charge in [0.1, 0.15) is 40.0 Å². The number of pyridine rings is 1. The maximum Gasteiger partial charge on any atom is 0.573 e. The van der Waals surface area contributed by atoms with Crippen LogP contribution in [0.5, 0.6) is 5.75 Å². The molecule has 1 N–H and O–H groups in total. The van der Waals surface area contributed by atoms with Crippen LogP contribution in [0.25, 0.3) is 22.0 Å². The number of carbonyl (C=O) groups is 3. The maximum atomic E-state index is 13.9. The van der Waals surface area contributed by atoms with E-state index in [-0.39, 0.29) is 33.6 Å². The molecule has 4 heterocycles. The normalized spacial score (nSPS) is 20.7. The highest BCUT2D eigenvalue weighted by atomic mass is 79.9. The average Bonchev–Trinajstić information content (AvgIpc) is 3.31. The predicted octanol–water partition coefficient (Wildman–Crippen LogP) is 5.39. The van der Waals surface area contributed by atoms with Crippen LogP contribution in [-0.2, 0) is 16.1 Å². The number of anilines is 1. The minimum Gasteiger partial charge on any atom is -0.403 e. The van der Waals surface area contributed by atoms with E-state index in [1.807, 2.05) is 6.92 Å². The number of Topliss-reactive ketones (excluding diaryl/α,β-unsaturated/α-hetero) is 1. The molecule has 4 aromatic rings. The van der Waals surface area contributed by atoms with E-state index in [0.29, 0.717) is 34.7 Å². The van der Waals surface area contributed by atoms with Crippen LogP contribution < -0.4 is 10.1 Å². The number of amides is 2.